The summed E-state index contributed by atoms with van der Waals surface area (Å²) < 4.78 is 6.01. The molecule has 0 aliphatic rings. The molecule has 2 aromatic rings. The van der Waals surface area contributed by atoms with Crippen molar-refractivity contribution in [1.29, 1.82) is 0 Å². The third-order valence-electron chi connectivity index (χ3n) is 6.27. The molecule has 0 spiro atoms. The molecule has 0 saturated carbocycles. The molecular formula is C31H43N3O5Se. The summed E-state index contributed by atoms with van der Waals surface area (Å²) in [4.78, 5) is 55.0. The topological polar surface area (TPSA) is 105 Å². The van der Waals surface area contributed by atoms with E-state index in [1.54, 1.807) is 13.8 Å². The molecule has 0 aliphatic heterocycles. The molecule has 1 unspecified atom stereocenters. The van der Waals surface area contributed by atoms with Crippen LogP contribution in [0.2, 0.25) is 4.82 Å². The van der Waals surface area contributed by atoms with Crippen LogP contribution < -0.4 is 15.1 Å². The van der Waals surface area contributed by atoms with Gasteiger partial charge in [-0.3, -0.25) is 0 Å². The minimum atomic E-state index is -1.05. The Kier molecular flexibility index (Phi) is 12.4. The molecule has 2 N–H and O–H groups in total. The van der Waals surface area contributed by atoms with Crippen LogP contribution in [0.1, 0.15) is 54.0 Å². The van der Waals surface area contributed by atoms with Gasteiger partial charge in [0.25, 0.3) is 0 Å². The van der Waals surface area contributed by atoms with Gasteiger partial charge in [-0.2, -0.15) is 0 Å². The predicted molar refractivity (Wildman–Crippen MR) is 158 cm³/mol. The number of hydrogen-bond donors (Lipinski definition) is 2. The molecule has 218 valence electrons. The van der Waals surface area contributed by atoms with Crippen molar-refractivity contribution < 1.29 is 23.9 Å². The van der Waals surface area contributed by atoms with Gasteiger partial charge >= 0.3 is 245 Å². The van der Waals surface area contributed by atoms with Crippen LogP contribution in [0.3, 0.4) is 0 Å². The van der Waals surface area contributed by atoms with Gasteiger partial charge in [-0.1, -0.05) is 0 Å². The molecule has 0 heterocycles. The zero-order valence-corrected chi connectivity index (χ0v) is 26.5. The Morgan fingerprint density at radius 3 is 1.93 bits per heavy atom. The predicted octanol–water partition coefficient (Wildman–Crippen LogP) is 2.88. The summed E-state index contributed by atoms with van der Waals surface area (Å²) in [7, 11) is 1.27. The van der Waals surface area contributed by atoms with Crippen molar-refractivity contribution in [2.24, 2.45) is 5.92 Å². The molecule has 0 radical (unpaired) electrons. The van der Waals surface area contributed by atoms with Gasteiger partial charge in [-0.25, -0.2) is 0 Å². The van der Waals surface area contributed by atoms with Crippen LogP contribution in [0, 0.1) is 5.92 Å². The third-order valence-corrected chi connectivity index (χ3v) is 8.73. The Balaban J connectivity index is 2.62. The maximum atomic E-state index is 14.0. The third kappa shape index (κ3) is 9.79. The van der Waals surface area contributed by atoms with E-state index in [1.165, 1.54) is 18.9 Å². The molecule has 0 saturated heterocycles. The maximum absolute atomic E-state index is 14.0. The van der Waals surface area contributed by atoms with Crippen molar-refractivity contribution in [2.45, 2.75) is 83.4 Å². The minimum absolute atomic E-state index is 0.169. The van der Waals surface area contributed by atoms with Gasteiger partial charge in [0.05, 0.1) is 0 Å². The van der Waals surface area contributed by atoms with E-state index in [9.17, 15) is 19.2 Å². The fourth-order valence-corrected chi connectivity index (χ4v) is 6.79. The Morgan fingerprint density at radius 2 is 1.45 bits per heavy atom. The van der Waals surface area contributed by atoms with E-state index in [4.69, 9.17) is 4.74 Å². The second-order valence-electron chi connectivity index (χ2n) is 11.2. The number of carbonyl (C=O) groups is 4. The van der Waals surface area contributed by atoms with Crippen molar-refractivity contribution in [1.82, 2.24) is 15.5 Å². The summed E-state index contributed by atoms with van der Waals surface area (Å²) >= 11 is -0.185. The van der Waals surface area contributed by atoms with Crippen LogP contribution in [0.15, 0.2) is 60.7 Å². The van der Waals surface area contributed by atoms with Gasteiger partial charge in [0.15, 0.2) is 0 Å². The summed E-state index contributed by atoms with van der Waals surface area (Å²) in [5.74, 6) is -2.07. The molecule has 0 bridgehead atoms. The first kappa shape index (κ1) is 33.0. The molecule has 0 fully saturated rings. The number of carbonyl (C=O) groups excluding carboxylic acids is 4. The number of hydrogen-bond acceptors (Lipinski definition) is 5. The number of esters is 1. The van der Waals surface area contributed by atoms with E-state index in [2.05, 4.69) is 10.6 Å². The molecule has 2 rings (SSSR count). The van der Waals surface area contributed by atoms with Crippen molar-refractivity contribution in [2.75, 3.05) is 7.11 Å². The van der Waals surface area contributed by atoms with E-state index in [-0.39, 0.29) is 38.0 Å². The van der Waals surface area contributed by atoms with Crippen LogP contribution in [-0.2, 0) is 30.3 Å². The standard InChI is InChI=1S/C31H43N3O5Se/c1-20(2)26(30(38)39-8)32-28(36)25(19-23-15-11-9-12-16-23)34(22(4)35)27(29(37)33-31(5,6)7)21(3)40-24-17-13-10-14-18-24/h9-18,20-21,25-27H,19H2,1-8H3,(H,32,36)(H,33,37)/t21-,25-,26-,27?/m0/s1. The Labute approximate surface area is 244 Å². The second kappa shape index (κ2) is 15.0. The first-order valence-electron chi connectivity index (χ1n) is 13.5. The number of nitrogens with zero attached hydrogens (tertiary/aromatic N) is 1. The van der Waals surface area contributed by atoms with Gasteiger partial charge in [-0.15, -0.1) is 0 Å². The quantitative estimate of drug-likeness (QED) is 0.282. The van der Waals surface area contributed by atoms with Crippen molar-refractivity contribution >= 4 is 43.1 Å². The molecule has 2 aromatic carbocycles. The Bertz CT molecular complexity index is 1130. The fraction of sp³-hybridized carbons (Fsp3) is 0.484. The molecule has 9 heteroatoms. The number of nitrogens with one attached hydrogen (secondary N) is 2. The summed E-state index contributed by atoms with van der Waals surface area (Å²) in [5, 5.41) is 5.86. The SMILES string of the molecule is COC(=O)[C@@H](NC(=O)[C@H](Cc1ccccc1)N(C(C)=O)C(C(=O)NC(C)(C)C)[C@H](C)[Se]c1ccccc1)C(C)C. The van der Waals surface area contributed by atoms with Crippen LogP contribution >= 0.6 is 0 Å². The molecule has 8 nitrogen and oxygen atoms in total. The molecule has 0 aliphatic carbocycles. The summed E-state index contributed by atoms with van der Waals surface area (Å²) in [6, 6.07) is 16.3. The van der Waals surface area contributed by atoms with Crippen LogP contribution in [0.5, 0.6) is 0 Å². The Morgan fingerprint density at radius 1 is 0.900 bits per heavy atom. The van der Waals surface area contributed by atoms with Crippen LogP contribution in [0.4, 0.5) is 0 Å². The van der Waals surface area contributed by atoms with Crippen molar-refractivity contribution in [3.05, 3.63) is 66.2 Å². The first-order valence-corrected chi connectivity index (χ1v) is 15.3. The van der Waals surface area contributed by atoms with Crippen molar-refractivity contribution in [3.8, 4) is 0 Å². The molecule has 4 atom stereocenters. The van der Waals surface area contributed by atoms with E-state index in [0.29, 0.717) is 0 Å². The summed E-state index contributed by atoms with van der Waals surface area (Å²) in [6.45, 7) is 12.6. The average Bonchev–Trinajstić information content (AvgIpc) is 2.88. The number of ether oxygens (including phenoxy) is 1. The van der Waals surface area contributed by atoms with Crippen molar-refractivity contribution in [3.63, 3.8) is 0 Å². The van der Waals surface area contributed by atoms with Crippen LogP contribution in [-0.4, -0.2) is 74.3 Å². The second-order valence-corrected chi connectivity index (χ2v) is 14.2. The fourth-order valence-electron chi connectivity index (χ4n) is 4.43. The zero-order chi connectivity index (χ0) is 30.0. The van der Waals surface area contributed by atoms with Gasteiger partial charge in [0, 0.05) is 0 Å². The summed E-state index contributed by atoms with van der Waals surface area (Å²) in [5.41, 5.74) is 0.270. The van der Waals surface area contributed by atoms with E-state index in [1.807, 2.05) is 88.4 Å². The van der Waals surface area contributed by atoms with Crippen LogP contribution in [0.25, 0.3) is 0 Å². The number of benzene rings is 2. The summed E-state index contributed by atoms with van der Waals surface area (Å²) in [6.07, 6.45) is 0.169. The molecule has 40 heavy (non-hydrogen) atoms. The monoisotopic (exact) mass is 617 g/mol. The van der Waals surface area contributed by atoms with E-state index in [0.717, 1.165) is 10.0 Å². The number of methoxy groups -OCH3 is 1. The van der Waals surface area contributed by atoms with Gasteiger partial charge < -0.3 is 0 Å². The van der Waals surface area contributed by atoms with Gasteiger partial charge in [0.1, 0.15) is 0 Å². The molecule has 3 amide bonds. The molecular weight excluding hydrogens is 573 g/mol. The first-order chi connectivity index (χ1) is 18.7. The van der Waals surface area contributed by atoms with E-state index >= 15 is 0 Å². The average molecular weight is 617 g/mol. The van der Waals surface area contributed by atoms with Gasteiger partial charge in [0.2, 0.25) is 0 Å². The normalized spacial score (nSPS) is 14.4. The van der Waals surface area contributed by atoms with Gasteiger partial charge in [-0.05, 0) is 0 Å². The Hall–Kier alpha value is -3.16. The van der Waals surface area contributed by atoms with E-state index < -0.39 is 41.4 Å². The number of rotatable bonds is 12. The zero-order valence-electron chi connectivity index (χ0n) is 24.8. The molecule has 0 aromatic heterocycles. The number of amides is 3.